The number of carbonyl (C=O) groups is 5. The number of hydrogen-bond acceptors (Lipinski definition) is 7. The van der Waals surface area contributed by atoms with Crippen molar-refractivity contribution in [1.82, 2.24) is 16.0 Å². The van der Waals surface area contributed by atoms with E-state index < -0.39 is 41.9 Å². The van der Waals surface area contributed by atoms with Crippen molar-refractivity contribution in [2.45, 2.75) is 71.4 Å². The van der Waals surface area contributed by atoms with E-state index in [4.69, 9.17) is 9.84 Å². The number of carbonyl (C=O) groups excluding carboxylic acids is 4. The minimum Gasteiger partial charge on any atom is -0.481 e. The number of hydrogen-bond donors (Lipinski definition) is 4. The second-order valence-electron chi connectivity index (χ2n) is 7.59. The van der Waals surface area contributed by atoms with E-state index in [9.17, 15) is 24.0 Å². The van der Waals surface area contributed by atoms with Gasteiger partial charge < -0.3 is 25.8 Å². The van der Waals surface area contributed by atoms with Crippen LogP contribution in [0.2, 0.25) is 0 Å². The number of thioether (sulfide) groups is 1. The van der Waals surface area contributed by atoms with Crippen LogP contribution in [0.25, 0.3) is 0 Å². The van der Waals surface area contributed by atoms with Crippen molar-refractivity contribution in [3.8, 4) is 0 Å². The molecule has 10 nitrogen and oxygen atoms in total. The highest BCUT2D eigenvalue weighted by molar-refractivity contribution is 8.13. The molecule has 0 spiro atoms. The van der Waals surface area contributed by atoms with Gasteiger partial charge in [-0.15, -0.1) is 0 Å². The van der Waals surface area contributed by atoms with Gasteiger partial charge in [0.1, 0.15) is 11.6 Å². The third-order valence-electron chi connectivity index (χ3n) is 3.48. The zero-order chi connectivity index (χ0) is 23.2. The van der Waals surface area contributed by atoms with Crippen LogP contribution < -0.4 is 16.0 Å². The van der Waals surface area contributed by atoms with Crippen LogP contribution in [0, 0.1) is 0 Å². The van der Waals surface area contributed by atoms with Gasteiger partial charge in [0, 0.05) is 32.2 Å². The molecule has 4 N–H and O–H groups in total. The molecule has 0 aliphatic rings. The van der Waals surface area contributed by atoms with Crippen LogP contribution in [0.5, 0.6) is 0 Å². The molecule has 0 saturated heterocycles. The Morgan fingerprint density at radius 3 is 2.20 bits per heavy atom. The lowest BCUT2D eigenvalue weighted by atomic mass is 10.1. The molecular formula is C19H33N3O7S. The van der Waals surface area contributed by atoms with Gasteiger partial charge in [-0.25, -0.2) is 4.79 Å². The zero-order valence-electron chi connectivity index (χ0n) is 18.0. The maximum absolute atomic E-state index is 12.2. The summed E-state index contributed by atoms with van der Waals surface area (Å²) in [4.78, 5) is 57.6. The fourth-order valence-electron chi connectivity index (χ4n) is 2.22. The molecule has 0 bridgehead atoms. The summed E-state index contributed by atoms with van der Waals surface area (Å²) in [5.41, 5.74) is -0.642. The summed E-state index contributed by atoms with van der Waals surface area (Å²) in [5, 5.41) is 16.4. The van der Waals surface area contributed by atoms with E-state index in [0.29, 0.717) is 12.2 Å². The van der Waals surface area contributed by atoms with Gasteiger partial charge in [-0.3, -0.25) is 19.2 Å². The maximum Gasteiger partial charge on any atom is 0.407 e. The van der Waals surface area contributed by atoms with Crippen LogP contribution in [-0.4, -0.2) is 64.6 Å². The van der Waals surface area contributed by atoms with Crippen LogP contribution in [0.15, 0.2) is 0 Å². The van der Waals surface area contributed by atoms with Crippen LogP contribution in [0.3, 0.4) is 0 Å². The number of carboxylic acid groups (broad SMARTS) is 1. The lowest BCUT2D eigenvalue weighted by molar-refractivity contribution is -0.140. The van der Waals surface area contributed by atoms with Crippen LogP contribution in [-0.2, 0) is 23.9 Å². The third kappa shape index (κ3) is 16.6. The van der Waals surface area contributed by atoms with Crippen molar-refractivity contribution >= 4 is 40.8 Å². The van der Waals surface area contributed by atoms with E-state index in [-0.39, 0.29) is 24.6 Å². The Balaban J connectivity index is 4.27. The molecule has 3 amide bonds. The van der Waals surface area contributed by atoms with E-state index in [0.717, 1.165) is 12.8 Å². The maximum atomic E-state index is 12.2. The lowest BCUT2D eigenvalue weighted by Crippen LogP contribution is -2.49. The van der Waals surface area contributed by atoms with Crippen LogP contribution >= 0.6 is 11.8 Å². The molecule has 0 aromatic carbocycles. The average Bonchev–Trinajstić information content (AvgIpc) is 2.58. The van der Waals surface area contributed by atoms with Crippen molar-refractivity contribution < 1.29 is 33.8 Å². The molecule has 1 atom stereocenters. The number of alkyl carbamates (subject to hydrolysis) is 1. The molecular weight excluding hydrogens is 414 g/mol. The monoisotopic (exact) mass is 447 g/mol. The molecule has 0 heterocycles. The summed E-state index contributed by atoms with van der Waals surface area (Å²) in [6.07, 6.45) is 1.10. The number of amides is 3. The third-order valence-corrected chi connectivity index (χ3v) is 4.38. The summed E-state index contributed by atoms with van der Waals surface area (Å²) in [6.45, 7) is 6.81. The first-order valence-electron chi connectivity index (χ1n) is 9.80. The van der Waals surface area contributed by atoms with Crippen LogP contribution in [0.4, 0.5) is 4.79 Å². The van der Waals surface area contributed by atoms with Crippen molar-refractivity contribution in [3.05, 3.63) is 0 Å². The molecule has 0 aromatic heterocycles. The average molecular weight is 448 g/mol. The van der Waals surface area contributed by atoms with Gasteiger partial charge >= 0.3 is 12.1 Å². The smallest absolute Gasteiger partial charge is 0.407 e. The first kappa shape index (κ1) is 27.7. The number of aliphatic carboxylic acids is 1. The number of carboxylic acids is 1. The zero-order valence-corrected chi connectivity index (χ0v) is 18.9. The Labute approximate surface area is 181 Å². The molecule has 11 heteroatoms. The molecule has 172 valence electrons. The molecule has 0 radical (unpaired) electrons. The normalized spacial score (nSPS) is 11.9. The molecule has 0 saturated carbocycles. The minimum absolute atomic E-state index is 0.0524. The molecule has 30 heavy (non-hydrogen) atoms. The summed E-state index contributed by atoms with van der Waals surface area (Å²) in [6, 6.07) is -1.20. The van der Waals surface area contributed by atoms with Gasteiger partial charge in [0.2, 0.25) is 11.8 Å². The Kier molecular flexibility index (Phi) is 13.5. The SMILES string of the molecule is CC(=O)SCCCCCC(=O)N[C@@H](CC(=O)O)C(=O)NCCNC(=O)OC(C)(C)C. The highest BCUT2D eigenvalue weighted by Gasteiger charge is 2.23. The first-order valence-corrected chi connectivity index (χ1v) is 10.8. The lowest BCUT2D eigenvalue weighted by Gasteiger charge is -2.20. The standard InChI is InChI=1S/C19H33N3O7S/c1-13(23)30-11-7-5-6-8-15(24)22-14(12-16(25)26)17(27)20-9-10-21-18(28)29-19(2,3)4/h14H,5-12H2,1-4H3,(H,20,27)(H,21,28)(H,22,24)(H,25,26)/t14-/m0/s1. The number of nitrogens with one attached hydrogen (secondary N) is 3. The molecule has 0 aromatic rings. The minimum atomic E-state index is -1.22. The second-order valence-corrected chi connectivity index (χ2v) is 8.86. The molecule has 0 unspecified atom stereocenters. The van der Waals surface area contributed by atoms with Gasteiger partial charge in [-0.05, 0) is 33.6 Å². The van der Waals surface area contributed by atoms with Gasteiger partial charge in [0.05, 0.1) is 6.42 Å². The first-order chi connectivity index (χ1) is 13.9. The van der Waals surface area contributed by atoms with Gasteiger partial charge in [-0.2, -0.15) is 0 Å². The Morgan fingerprint density at radius 2 is 1.63 bits per heavy atom. The fraction of sp³-hybridized carbons (Fsp3) is 0.737. The Hall–Kier alpha value is -2.30. The van der Waals surface area contributed by atoms with Crippen molar-refractivity contribution in [2.75, 3.05) is 18.8 Å². The Morgan fingerprint density at radius 1 is 1.00 bits per heavy atom. The van der Waals surface area contributed by atoms with Gasteiger partial charge in [-0.1, -0.05) is 18.2 Å². The topological polar surface area (TPSA) is 151 Å². The van der Waals surface area contributed by atoms with E-state index in [1.807, 2.05) is 0 Å². The molecule has 0 aliphatic heterocycles. The van der Waals surface area contributed by atoms with Gasteiger partial charge in [0.25, 0.3) is 0 Å². The van der Waals surface area contributed by atoms with Gasteiger partial charge in [0.15, 0.2) is 5.12 Å². The number of rotatable bonds is 13. The van der Waals surface area contributed by atoms with E-state index in [1.165, 1.54) is 18.7 Å². The largest absolute Gasteiger partial charge is 0.481 e. The number of unbranched alkanes of at least 4 members (excludes halogenated alkanes) is 2. The summed E-state index contributed by atoms with van der Waals surface area (Å²) in [7, 11) is 0. The number of ether oxygens (including phenoxy) is 1. The molecule has 0 aliphatic carbocycles. The summed E-state index contributed by atoms with van der Waals surface area (Å²) in [5.74, 6) is -1.58. The van der Waals surface area contributed by atoms with E-state index in [2.05, 4.69) is 16.0 Å². The second kappa shape index (κ2) is 14.6. The highest BCUT2D eigenvalue weighted by Crippen LogP contribution is 2.08. The highest BCUT2D eigenvalue weighted by atomic mass is 32.2. The molecule has 0 rings (SSSR count). The summed E-state index contributed by atoms with van der Waals surface area (Å²) < 4.78 is 5.06. The van der Waals surface area contributed by atoms with Crippen molar-refractivity contribution in [1.29, 1.82) is 0 Å². The van der Waals surface area contributed by atoms with Crippen molar-refractivity contribution in [2.24, 2.45) is 0 Å². The predicted octanol–water partition coefficient (Wildman–Crippen LogP) is 1.43. The Bertz CT molecular complexity index is 605. The quantitative estimate of drug-likeness (QED) is 0.310. The van der Waals surface area contributed by atoms with E-state index >= 15 is 0 Å². The summed E-state index contributed by atoms with van der Waals surface area (Å²) >= 11 is 1.23. The van der Waals surface area contributed by atoms with E-state index in [1.54, 1.807) is 20.8 Å². The van der Waals surface area contributed by atoms with Crippen molar-refractivity contribution in [3.63, 3.8) is 0 Å². The predicted molar refractivity (Wildman–Crippen MR) is 113 cm³/mol. The van der Waals surface area contributed by atoms with Crippen LogP contribution in [0.1, 0.15) is 59.8 Å². The molecule has 0 fully saturated rings. The fourth-order valence-corrected chi connectivity index (χ4v) is 2.85.